The fourth-order valence-electron chi connectivity index (χ4n) is 3.07. The maximum atomic E-state index is 12.1. The molecule has 0 radical (unpaired) electrons. The van der Waals surface area contributed by atoms with Crippen LogP contribution in [-0.2, 0) is 9.59 Å². The molecular formula is C14H23NO2. The molecule has 3 nitrogen and oxygen atoms in total. The Morgan fingerprint density at radius 3 is 2.71 bits per heavy atom. The zero-order chi connectivity index (χ0) is 12.3. The van der Waals surface area contributed by atoms with E-state index in [-0.39, 0.29) is 5.92 Å². The maximum absolute atomic E-state index is 12.1. The third kappa shape index (κ3) is 3.15. The number of likely N-dealkylation sites (tertiary alicyclic amines) is 1. The van der Waals surface area contributed by atoms with E-state index in [1.165, 1.54) is 12.8 Å². The average molecular weight is 237 g/mol. The number of nitrogens with zero attached hydrogens (tertiary/aromatic N) is 1. The first-order chi connectivity index (χ1) is 8.20. The standard InChI is InChI=1S/C14H23NO2/c1-2-11-9-15(8-7-13(11)16)10-14(17)12-5-3-4-6-12/h11-12H,2-10H2,1H3. The Balaban J connectivity index is 1.82. The lowest BCUT2D eigenvalue weighted by molar-refractivity contribution is -0.130. The normalized spacial score (nSPS) is 27.6. The fraction of sp³-hybridized carbons (Fsp3) is 0.857. The first-order valence-corrected chi connectivity index (χ1v) is 6.98. The van der Waals surface area contributed by atoms with Gasteiger partial charge in [0.15, 0.2) is 0 Å². The maximum Gasteiger partial charge on any atom is 0.149 e. The van der Waals surface area contributed by atoms with E-state index in [1.807, 2.05) is 0 Å². The van der Waals surface area contributed by atoms with Crippen LogP contribution in [0, 0.1) is 11.8 Å². The topological polar surface area (TPSA) is 37.4 Å². The second-order valence-corrected chi connectivity index (χ2v) is 5.50. The predicted molar refractivity (Wildman–Crippen MR) is 66.8 cm³/mol. The molecule has 0 aromatic rings. The van der Waals surface area contributed by atoms with Gasteiger partial charge in [0.25, 0.3) is 0 Å². The predicted octanol–water partition coefficient (Wildman–Crippen LogP) is 2.05. The molecule has 1 heterocycles. The minimum atomic E-state index is 0.167. The van der Waals surface area contributed by atoms with Gasteiger partial charge < -0.3 is 0 Å². The number of Topliss-reactive ketones (excluding diaryl/α,β-unsaturated/α-hetero) is 2. The molecule has 0 N–H and O–H groups in total. The van der Waals surface area contributed by atoms with Crippen LogP contribution in [0.3, 0.4) is 0 Å². The van der Waals surface area contributed by atoms with Gasteiger partial charge in [0, 0.05) is 31.3 Å². The van der Waals surface area contributed by atoms with Crippen molar-refractivity contribution in [1.82, 2.24) is 4.90 Å². The van der Waals surface area contributed by atoms with E-state index in [0.29, 0.717) is 30.4 Å². The van der Waals surface area contributed by atoms with Crippen molar-refractivity contribution >= 4 is 11.6 Å². The van der Waals surface area contributed by atoms with E-state index < -0.39 is 0 Å². The van der Waals surface area contributed by atoms with Gasteiger partial charge in [0.2, 0.25) is 0 Å². The highest BCUT2D eigenvalue weighted by molar-refractivity contribution is 5.84. The third-order valence-electron chi connectivity index (χ3n) is 4.29. The van der Waals surface area contributed by atoms with Gasteiger partial charge in [-0.2, -0.15) is 0 Å². The SMILES string of the molecule is CCC1CN(CC(=O)C2CCCC2)CCC1=O. The molecule has 0 aromatic carbocycles. The Kier molecular flexibility index (Phi) is 4.32. The molecule has 1 unspecified atom stereocenters. The van der Waals surface area contributed by atoms with Crippen molar-refractivity contribution in [1.29, 1.82) is 0 Å². The van der Waals surface area contributed by atoms with Crippen LogP contribution >= 0.6 is 0 Å². The number of ketones is 2. The minimum Gasteiger partial charge on any atom is -0.299 e. The summed E-state index contributed by atoms with van der Waals surface area (Å²) in [7, 11) is 0. The summed E-state index contributed by atoms with van der Waals surface area (Å²) in [5.74, 6) is 1.27. The van der Waals surface area contributed by atoms with Gasteiger partial charge in [-0.15, -0.1) is 0 Å². The summed E-state index contributed by atoms with van der Waals surface area (Å²) in [6.07, 6.45) is 6.15. The molecule has 0 bridgehead atoms. The van der Waals surface area contributed by atoms with Gasteiger partial charge >= 0.3 is 0 Å². The van der Waals surface area contributed by atoms with E-state index >= 15 is 0 Å². The zero-order valence-electron chi connectivity index (χ0n) is 10.8. The summed E-state index contributed by atoms with van der Waals surface area (Å²) < 4.78 is 0. The molecular weight excluding hydrogens is 214 g/mol. The highest BCUT2D eigenvalue weighted by atomic mass is 16.1. The van der Waals surface area contributed by atoms with E-state index in [4.69, 9.17) is 0 Å². The van der Waals surface area contributed by atoms with Crippen molar-refractivity contribution < 1.29 is 9.59 Å². The monoisotopic (exact) mass is 237 g/mol. The summed E-state index contributed by atoms with van der Waals surface area (Å²) in [6.45, 7) is 4.22. The van der Waals surface area contributed by atoms with E-state index in [2.05, 4.69) is 11.8 Å². The van der Waals surface area contributed by atoms with Gasteiger partial charge in [-0.3, -0.25) is 14.5 Å². The van der Waals surface area contributed by atoms with E-state index in [9.17, 15) is 9.59 Å². The van der Waals surface area contributed by atoms with Crippen LogP contribution < -0.4 is 0 Å². The molecule has 1 saturated heterocycles. The van der Waals surface area contributed by atoms with Gasteiger partial charge in [0.1, 0.15) is 11.6 Å². The van der Waals surface area contributed by atoms with Gasteiger partial charge in [0.05, 0.1) is 6.54 Å². The molecule has 1 aliphatic carbocycles. The molecule has 0 aromatic heterocycles. The second kappa shape index (κ2) is 5.76. The zero-order valence-corrected chi connectivity index (χ0v) is 10.8. The van der Waals surface area contributed by atoms with Crippen LogP contribution in [0.15, 0.2) is 0 Å². The Morgan fingerprint density at radius 1 is 1.35 bits per heavy atom. The van der Waals surface area contributed by atoms with Crippen molar-refractivity contribution in [2.45, 2.75) is 45.4 Å². The van der Waals surface area contributed by atoms with Gasteiger partial charge in [-0.25, -0.2) is 0 Å². The van der Waals surface area contributed by atoms with Crippen LogP contribution in [0.4, 0.5) is 0 Å². The molecule has 3 heteroatoms. The molecule has 1 aliphatic heterocycles. The van der Waals surface area contributed by atoms with Crippen molar-refractivity contribution in [3.8, 4) is 0 Å². The van der Waals surface area contributed by atoms with E-state index in [0.717, 1.165) is 32.4 Å². The number of piperidine rings is 1. The molecule has 1 saturated carbocycles. The van der Waals surface area contributed by atoms with Crippen molar-refractivity contribution in [2.75, 3.05) is 19.6 Å². The highest BCUT2D eigenvalue weighted by Crippen LogP contribution is 2.26. The van der Waals surface area contributed by atoms with Crippen molar-refractivity contribution in [2.24, 2.45) is 11.8 Å². The molecule has 17 heavy (non-hydrogen) atoms. The van der Waals surface area contributed by atoms with E-state index in [1.54, 1.807) is 0 Å². The fourth-order valence-corrected chi connectivity index (χ4v) is 3.07. The highest BCUT2D eigenvalue weighted by Gasteiger charge is 2.29. The molecule has 2 fully saturated rings. The summed E-state index contributed by atoms with van der Waals surface area (Å²) in [4.78, 5) is 25.9. The molecule has 96 valence electrons. The minimum absolute atomic E-state index is 0.167. The first kappa shape index (κ1) is 12.7. The first-order valence-electron chi connectivity index (χ1n) is 6.98. The molecule has 2 rings (SSSR count). The largest absolute Gasteiger partial charge is 0.299 e. The number of carbonyl (C=O) groups excluding carboxylic acids is 2. The van der Waals surface area contributed by atoms with Crippen LogP contribution in [0.25, 0.3) is 0 Å². The Hall–Kier alpha value is -0.700. The Morgan fingerprint density at radius 2 is 2.06 bits per heavy atom. The lowest BCUT2D eigenvalue weighted by Crippen LogP contribution is -2.43. The number of carbonyl (C=O) groups is 2. The second-order valence-electron chi connectivity index (χ2n) is 5.50. The quantitative estimate of drug-likeness (QED) is 0.751. The van der Waals surface area contributed by atoms with Gasteiger partial charge in [-0.1, -0.05) is 19.8 Å². The van der Waals surface area contributed by atoms with Crippen LogP contribution in [0.2, 0.25) is 0 Å². The lowest BCUT2D eigenvalue weighted by Gasteiger charge is -2.31. The van der Waals surface area contributed by atoms with Crippen molar-refractivity contribution in [3.63, 3.8) is 0 Å². The van der Waals surface area contributed by atoms with Crippen LogP contribution in [0.1, 0.15) is 45.4 Å². The number of rotatable bonds is 4. The summed E-state index contributed by atoms with van der Waals surface area (Å²) in [5.41, 5.74) is 0. The number of hydrogen-bond acceptors (Lipinski definition) is 3. The molecule has 0 amide bonds. The summed E-state index contributed by atoms with van der Waals surface area (Å²) in [5, 5.41) is 0. The lowest BCUT2D eigenvalue weighted by atomic mass is 9.93. The molecule has 1 atom stereocenters. The smallest absolute Gasteiger partial charge is 0.149 e. The average Bonchev–Trinajstić information content (AvgIpc) is 2.85. The van der Waals surface area contributed by atoms with Crippen molar-refractivity contribution in [3.05, 3.63) is 0 Å². The number of hydrogen-bond donors (Lipinski definition) is 0. The van der Waals surface area contributed by atoms with Crippen LogP contribution in [0.5, 0.6) is 0 Å². The summed E-state index contributed by atoms with van der Waals surface area (Å²) >= 11 is 0. The molecule has 0 spiro atoms. The van der Waals surface area contributed by atoms with Gasteiger partial charge in [-0.05, 0) is 19.3 Å². The Labute approximate surface area is 104 Å². The molecule has 2 aliphatic rings. The summed E-state index contributed by atoms with van der Waals surface area (Å²) in [6, 6.07) is 0. The third-order valence-corrected chi connectivity index (χ3v) is 4.29. The van der Waals surface area contributed by atoms with Crippen LogP contribution in [-0.4, -0.2) is 36.1 Å². The Bertz CT molecular complexity index is 295.